The van der Waals surface area contributed by atoms with Gasteiger partial charge in [-0.05, 0) is 36.1 Å². The van der Waals surface area contributed by atoms with Crippen LogP contribution in [-0.4, -0.2) is 59.3 Å². The number of aromatic hydroxyl groups is 3. The number of benzene rings is 2. The molecule has 0 fully saturated rings. The molecule has 0 atom stereocenters. The number of sulfonamides is 1. The van der Waals surface area contributed by atoms with Crippen molar-refractivity contribution < 1.29 is 23.7 Å². The number of aromatic nitrogens is 3. The Labute approximate surface area is 191 Å². The van der Waals surface area contributed by atoms with Crippen LogP contribution < -0.4 is 15.5 Å². The molecule has 0 bridgehead atoms. The summed E-state index contributed by atoms with van der Waals surface area (Å²) >= 11 is 0. The van der Waals surface area contributed by atoms with Crippen LogP contribution in [0.25, 0.3) is 16.9 Å². The molecule has 0 aliphatic rings. The minimum Gasteiger partial charge on any atom is -0.507 e. The van der Waals surface area contributed by atoms with Crippen LogP contribution in [0.5, 0.6) is 17.2 Å². The molecule has 2 radical (unpaired) electrons. The minimum absolute atomic E-state index is 0.0465. The molecule has 168 valence electrons. The maximum atomic E-state index is 12.4. The Kier molecular flexibility index (Phi) is 6.12. The van der Waals surface area contributed by atoms with E-state index in [9.17, 15) is 23.7 Å². The van der Waals surface area contributed by atoms with Crippen molar-refractivity contribution in [3.8, 4) is 28.5 Å². The third-order valence-electron chi connectivity index (χ3n) is 4.87. The quantitative estimate of drug-likeness (QED) is 0.192. The van der Waals surface area contributed by atoms with Crippen LogP contribution >= 0.6 is 0 Å². The second kappa shape index (κ2) is 9.00. The molecule has 0 spiro atoms. The molecule has 0 saturated carbocycles. The zero-order chi connectivity index (χ0) is 23.6. The van der Waals surface area contributed by atoms with E-state index in [1.54, 1.807) is 30.3 Å². The lowest BCUT2D eigenvalue weighted by Gasteiger charge is -2.13. The summed E-state index contributed by atoms with van der Waals surface area (Å²) in [6.07, 6.45) is 1.84. The first-order valence-electron chi connectivity index (χ1n) is 9.95. The predicted molar refractivity (Wildman–Crippen MR) is 124 cm³/mol. The second-order valence-electron chi connectivity index (χ2n) is 7.18. The Morgan fingerprint density at radius 1 is 0.970 bits per heavy atom. The summed E-state index contributed by atoms with van der Waals surface area (Å²) < 4.78 is 28.7. The molecule has 10 nitrogen and oxygen atoms in total. The van der Waals surface area contributed by atoms with Crippen molar-refractivity contribution in [2.75, 3.05) is 18.4 Å². The van der Waals surface area contributed by atoms with Crippen molar-refractivity contribution in [1.82, 2.24) is 19.3 Å². The third kappa shape index (κ3) is 4.57. The number of hydrogen-bond acceptors (Lipinski definition) is 8. The van der Waals surface area contributed by atoms with Gasteiger partial charge in [0.2, 0.25) is 10.0 Å². The van der Waals surface area contributed by atoms with E-state index in [1.807, 2.05) is 0 Å². The van der Waals surface area contributed by atoms with E-state index < -0.39 is 26.4 Å². The molecule has 4 rings (SSSR count). The molecular weight excluding hydrogens is 445 g/mol. The summed E-state index contributed by atoms with van der Waals surface area (Å²) in [6.45, 7) is 0.402. The number of phenolic OH excluding ortho intramolecular Hbond substituents is 3. The molecule has 33 heavy (non-hydrogen) atoms. The van der Waals surface area contributed by atoms with Gasteiger partial charge in [0.25, 0.3) is 0 Å². The van der Waals surface area contributed by atoms with Crippen molar-refractivity contribution >= 4 is 34.8 Å². The van der Waals surface area contributed by atoms with Gasteiger partial charge >= 0.3 is 0 Å². The topological polar surface area (TPSA) is 149 Å². The average molecular weight is 465 g/mol. The molecule has 2 aromatic carbocycles. The summed E-state index contributed by atoms with van der Waals surface area (Å²) in [4.78, 5) is 3.93. The zero-order valence-electron chi connectivity index (χ0n) is 17.3. The van der Waals surface area contributed by atoms with Gasteiger partial charge in [-0.15, -0.1) is 0 Å². The Bertz CT molecular complexity index is 1400. The predicted octanol–water partition coefficient (Wildman–Crippen LogP) is 1.09. The maximum Gasteiger partial charge on any atom is 0.247 e. The molecule has 4 aromatic rings. The monoisotopic (exact) mass is 465 g/mol. The molecule has 0 unspecified atom stereocenters. The highest BCUT2D eigenvalue weighted by Gasteiger charge is 2.22. The number of nitrogens with one attached hydrogen (secondary N) is 2. The molecule has 0 amide bonds. The smallest absolute Gasteiger partial charge is 0.247 e. The molecule has 0 aliphatic carbocycles. The summed E-state index contributed by atoms with van der Waals surface area (Å²) in [6, 6.07) is 12.2. The van der Waals surface area contributed by atoms with E-state index in [1.165, 1.54) is 28.9 Å². The molecule has 0 aliphatic heterocycles. The van der Waals surface area contributed by atoms with Crippen LogP contribution in [0.3, 0.4) is 0 Å². The lowest BCUT2D eigenvalue weighted by atomic mass is 10.0. The van der Waals surface area contributed by atoms with Gasteiger partial charge in [-0.2, -0.15) is 9.61 Å². The van der Waals surface area contributed by atoms with E-state index in [4.69, 9.17) is 7.85 Å². The number of nitrogens with zero attached hydrogens (tertiary/aromatic N) is 3. The zero-order valence-corrected chi connectivity index (χ0v) is 18.1. The van der Waals surface area contributed by atoms with Crippen LogP contribution in [-0.2, 0) is 10.0 Å². The summed E-state index contributed by atoms with van der Waals surface area (Å²) in [7, 11) is 1.89. The fraction of sp³-hybridized carbons (Fsp3) is 0.143. The van der Waals surface area contributed by atoms with E-state index in [-0.39, 0.29) is 12.3 Å². The standard InChI is InChI=1S/C21H20BN5O5S/c22-14-12-24-27-19(11-15(26-21(14)27)13-5-1-2-6-16(13)28)23-9-4-10-25-33(31,32)20-17(29)7-3-8-18(20)30/h1-3,5-8,11-12,23,25,28-30H,4,9-10H2. The second-order valence-corrected chi connectivity index (χ2v) is 8.89. The van der Waals surface area contributed by atoms with Crippen molar-refractivity contribution in [2.45, 2.75) is 11.3 Å². The van der Waals surface area contributed by atoms with E-state index >= 15 is 0 Å². The van der Waals surface area contributed by atoms with E-state index in [0.717, 1.165) is 0 Å². The van der Waals surface area contributed by atoms with Gasteiger partial charge in [0.05, 0.1) is 5.69 Å². The summed E-state index contributed by atoms with van der Waals surface area (Å²) in [5.41, 5.74) is 1.80. The van der Waals surface area contributed by atoms with Gasteiger partial charge in [-0.25, -0.2) is 18.1 Å². The first kappa shape index (κ1) is 22.4. The Morgan fingerprint density at radius 2 is 1.67 bits per heavy atom. The van der Waals surface area contributed by atoms with Crippen LogP contribution in [0.15, 0.2) is 59.6 Å². The van der Waals surface area contributed by atoms with Crippen LogP contribution in [0.2, 0.25) is 0 Å². The summed E-state index contributed by atoms with van der Waals surface area (Å²) in [5.74, 6) is -0.447. The number of para-hydroxylation sites is 1. The molecule has 0 saturated heterocycles. The molecule has 5 N–H and O–H groups in total. The number of fused-ring (bicyclic) bond motifs is 1. The first-order chi connectivity index (χ1) is 15.8. The first-order valence-corrected chi connectivity index (χ1v) is 11.4. The normalized spacial score (nSPS) is 11.6. The minimum atomic E-state index is -4.10. The van der Waals surface area contributed by atoms with E-state index in [0.29, 0.717) is 41.2 Å². The SMILES string of the molecule is [B]c1cnn2c(NCCCNS(=O)(=O)c3c(O)cccc3O)cc(-c3ccccc3O)nc12. The maximum absolute atomic E-state index is 12.4. The highest BCUT2D eigenvalue weighted by Crippen LogP contribution is 2.31. The van der Waals surface area contributed by atoms with Gasteiger partial charge in [0, 0.05) is 30.9 Å². The number of rotatable bonds is 8. The molecular formula is C21H20BN5O5S. The average Bonchev–Trinajstić information content (AvgIpc) is 3.14. The Balaban J connectivity index is 1.47. The number of hydrogen-bond donors (Lipinski definition) is 5. The van der Waals surface area contributed by atoms with Crippen LogP contribution in [0.4, 0.5) is 5.82 Å². The van der Waals surface area contributed by atoms with Gasteiger partial charge < -0.3 is 20.6 Å². The van der Waals surface area contributed by atoms with Crippen molar-refractivity contribution in [2.24, 2.45) is 0 Å². The number of anilines is 1. The molecule has 2 heterocycles. The highest BCUT2D eigenvalue weighted by atomic mass is 32.2. The Hall–Kier alpha value is -3.77. The van der Waals surface area contributed by atoms with Crippen LogP contribution in [0, 0.1) is 0 Å². The van der Waals surface area contributed by atoms with Crippen molar-refractivity contribution in [1.29, 1.82) is 0 Å². The Morgan fingerprint density at radius 3 is 2.39 bits per heavy atom. The fourth-order valence-electron chi connectivity index (χ4n) is 3.31. The van der Waals surface area contributed by atoms with E-state index in [2.05, 4.69) is 20.1 Å². The van der Waals surface area contributed by atoms with Crippen molar-refractivity contribution in [3.63, 3.8) is 0 Å². The third-order valence-corrected chi connectivity index (χ3v) is 6.41. The largest absolute Gasteiger partial charge is 0.507 e. The van der Waals surface area contributed by atoms with Crippen molar-refractivity contribution in [3.05, 3.63) is 54.7 Å². The highest BCUT2D eigenvalue weighted by molar-refractivity contribution is 7.89. The van der Waals surface area contributed by atoms with Gasteiger partial charge in [-0.3, -0.25) is 0 Å². The van der Waals surface area contributed by atoms with Gasteiger partial charge in [0.1, 0.15) is 30.9 Å². The van der Waals surface area contributed by atoms with Gasteiger partial charge in [-0.1, -0.05) is 18.2 Å². The van der Waals surface area contributed by atoms with Gasteiger partial charge in [0.15, 0.2) is 10.5 Å². The summed E-state index contributed by atoms with van der Waals surface area (Å²) in [5, 5.41) is 37.1. The lowest BCUT2D eigenvalue weighted by molar-refractivity contribution is 0.422. The van der Waals surface area contributed by atoms with Crippen LogP contribution in [0.1, 0.15) is 6.42 Å². The fourth-order valence-corrected chi connectivity index (χ4v) is 4.55. The molecule has 12 heteroatoms. The molecule has 2 aromatic heterocycles. The number of phenols is 3. The lowest BCUT2D eigenvalue weighted by Crippen LogP contribution is -2.26.